The van der Waals surface area contributed by atoms with E-state index in [4.69, 9.17) is 0 Å². The molecular formula is C18H18FN5OS. The number of rotatable bonds is 6. The standard InChI is InChI=1S/C18H18FN5OS/c1-3-24-16(13-5-4-10-20-11-13)22-23-18(24)26-12(2)17(25)21-15-8-6-14(19)7-9-15/h4-12H,3H2,1-2H3,(H,21,25)/t12-/m1/s1. The maximum Gasteiger partial charge on any atom is 0.237 e. The number of nitrogens with zero attached hydrogens (tertiary/aromatic N) is 4. The molecule has 3 rings (SSSR count). The fraction of sp³-hybridized carbons (Fsp3) is 0.222. The van der Waals surface area contributed by atoms with Gasteiger partial charge in [0.15, 0.2) is 11.0 Å². The van der Waals surface area contributed by atoms with E-state index in [1.165, 1.54) is 36.0 Å². The highest BCUT2D eigenvalue weighted by Crippen LogP contribution is 2.27. The highest BCUT2D eigenvalue weighted by Gasteiger charge is 2.20. The maximum atomic E-state index is 13.0. The van der Waals surface area contributed by atoms with Gasteiger partial charge in [-0.2, -0.15) is 0 Å². The van der Waals surface area contributed by atoms with Crippen molar-refractivity contribution in [2.24, 2.45) is 0 Å². The van der Waals surface area contributed by atoms with Crippen LogP contribution < -0.4 is 5.32 Å². The summed E-state index contributed by atoms with van der Waals surface area (Å²) in [5, 5.41) is 11.5. The molecule has 0 aliphatic heterocycles. The minimum absolute atomic E-state index is 0.185. The molecule has 1 N–H and O–H groups in total. The third-order valence-electron chi connectivity index (χ3n) is 3.72. The Kier molecular flexibility index (Phi) is 5.62. The summed E-state index contributed by atoms with van der Waals surface area (Å²) in [4.78, 5) is 16.5. The van der Waals surface area contributed by atoms with E-state index in [1.807, 2.05) is 23.6 Å². The number of carbonyl (C=O) groups is 1. The van der Waals surface area contributed by atoms with Crippen LogP contribution in [0.2, 0.25) is 0 Å². The van der Waals surface area contributed by atoms with Crippen LogP contribution in [0.4, 0.5) is 10.1 Å². The monoisotopic (exact) mass is 371 g/mol. The first-order valence-electron chi connectivity index (χ1n) is 8.15. The predicted molar refractivity (Wildman–Crippen MR) is 99.3 cm³/mol. The minimum atomic E-state index is -0.392. The average Bonchev–Trinajstić information content (AvgIpc) is 3.06. The van der Waals surface area contributed by atoms with Crippen LogP contribution in [0.1, 0.15) is 13.8 Å². The molecule has 0 radical (unpaired) electrons. The molecule has 8 heteroatoms. The van der Waals surface area contributed by atoms with Crippen LogP contribution >= 0.6 is 11.8 Å². The van der Waals surface area contributed by atoms with E-state index in [-0.39, 0.29) is 11.7 Å². The Bertz CT molecular complexity index is 882. The summed E-state index contributed by atoms with van der Waals surface area (Å²) in [5.74, 6) is 0.189. The van der Waals surface area contributed by atoms with E-state index in [0.29, 0.717) is 23.2 Å². The molecule has 0 saturated heterocycles. The molecule has 0 fully saturated rings. The van der Waals surface area contributed by atoms with Crippen LogP contribution in [-0.2, 0) is 11.3 Å². The zero-order valence-corrected chi connectivity index (χ0v) is 15.2. The number of carbonyl (C=O) groups excluding carboxylic acids is 1. The van der Waals surface area contributed by atoms with Gasteiger partial charge in [-0.15, -0.1) is 10.2 Å². The van der Waals surface area contributed by atoms with E-state index < -0.39 is 5.25 Å². The van der Waals surface area contributed by atoms with Gasteiger partial charge in [0.05, 0.1) is 5.25 Å². The zero-order chi connectivity index (χ0) is 18.5. The molecule has 1 aromatic carbocycles. The first-order chi connectivity index (χ1) is 12.6. The van der Waals surface area contributed by atoms with Gasteiger partial charge < -0.3 is 9.88 Å². The van der Waals surface area contributed by atoms with Crippen molar-refractivity contribution in [3.05, 3.63) is 54.6 Å². The first-order valence-corrected chi connectivity index (χ1v) is 9.03. The molecule has 1 amide bonds. The summed E-state index contributed by atoms with van der Waals surface area (Å²) >= 11 is 1.32. The molecule has 0 aliphatic carbocycles. The van der Waals surface area contributed by atoms with Crippen LogP contribution in [0.3, 0.4) is 0 Å². The van der Waals surface area contributed by atoms with Crippen LogP contribution in [0.25, 0.3) is 11.4 Å². The average molecular weight is 371 g/mol. The summed E-state index contributed by atoms with van der Waals surface area (Å²) in [6, 6.07) is 9.43. The van der Waals surface area contributed by atoms with E-state index in [9.17, 15) is 9.18 Å². The first kappa shape index (κ1) is 18.1. The van der Waals surface area contributed by atoms with E-state index in [2.05, 4.69) is 20.5 Å². The Morgan fingerprint density at radius 1 is 1.27 bits per heavy atom. The summed E-state index contributed by atoms with van der Waals surface area (Å²) in [7, 11) is 0. The third-order valence-corrected chi connectivity index (χ3v) is 4.80. The normalized spacial score (nSPS) is 12.0. The molecule has 0 bridgehead atoms. The lowest BCUT2D eigenvalue weighted by Gasteiger charge is -2.12. The summed E-state index contributed by atoms with van der Waals surface area (Å²) in [6.45, 7) is 4.46. The van der Waals surface area contributed by atoms with Gasteiger partial charge in [0, 0.05) is 30.2 Å². The third kappa shape index (κ3) is 4.08. The second kappa shape index (κ2) is 8.09. The largest absolute Gasteiger partial charge is 0.325 e. The highest BCUT2D eigenvalue weighted by atomic mass is 32.2. The topological polar surface area (TPSA) is 72.7 Å². The van der Waals surface area contributed by atoms with Crippen molar-refractivity contribution in [3.63, 3.8) is 0 Å². The lowest BCUT2D eigenvalue weighted by molar-refractivity contribution is -0.115. The van der Waals surface area contributed by atoms with Crippen molar-refractivity contribution in [2.45, 2.75) is 30.8 Å². The number of nitrogens with one attached hydrogen (secondary N) is 1. The molecule has 2 heterocycles. The molecule has 0 saturated carbocycles. The summed E-state index contributed by atoms with van der Waals surface area (Å²) in [6.07, 6.45) is 3.43. The number of hydrogen-bond donors (Lipinski definition) is 1. The van der Waals surface area contributed by atoms with Gasteiger partial charge >= 0.3 is 0 Å². The van der Waals surface area contributed by atoms with Crippen molar-refractivity contribution < 1.29 is 9.18 Å². The van der Waals surface area contributed by atoms with Crippen LogP contribution in [0.5, 0.6) is 0 Å². The Morgan fingerprint density at radius 2 is 2.04 bits per heavy atom. The van der Waals surface area contributed by atoms with Gasteiger partial charge in [0.1, 0.15) is 5.82 Å². The Morgan fingerprint density at radius 3 is 2.69 bits per heavy atom. The lowest BCUT2D eigenvalue weighted by atomic mass is 10.3. The van der Waals surface area contributed by atoms with Crippen molar-refractivity contribution >= 4 is 23.4 Å². The molecule has 0 aliphatic rings. The minimum Gasteiger partial charge on any atom is -0.325 e. The Hall–Kier alpha value is -2.74. The van der Waals surface area contributed by atoms with Gasteiger partial charge in [-0.1, -0.05) is 11.8 Å². The van der Waals surface area contributed by atoms with Crippen molar-refractivity contribution in [3.8, 4) is 11.4 Å². The molecular weight excluding hydrogens is 353 g/mol. The molecule has 2 aromatic heterocycles. The number of thioether (sulfide) groups is 1. The molecule has 26 heavy (non-hydrogen) atoms. The molecule has 3 aromatic rings. The SMILES string of the molecule is CCn1c(S[C@H](C)C(=O)Nc2ccc(F)cc2)nnc1-c1cccnc1. The molecule has 134 valence electrons. The zero-order valence-electron chi connectivity index (χ0n) is 14.4. The number of amides is 1. The van der Waals surface area contributed by atoms with Crippen molar-refractivity contribution in [2.75, 3.05) is 5.32 Å². The number of aromatic nitrogens is 4. The number of pyridine rings is 1. The number of benzene rings is 1. The fourth-order valence-electron chi connectivity index (χ4n) is 2.36. The number of anilines is 1. The van der Waals surface area contributed by atoms with Crippen molar-refractivity contribution in [1.29, 1.82) is 0 Å². The van der Waals surface area contributed by atoms with Crippen molar-refractivity contribution in [1.82, 2.24) is 19.7 Å². The molecule has 1 atom stereocenters. The van der Waals surface area contributed by atoms with Crippen LogP contribution in [-0.4, -0.2) is 30.9 Å². The summed E-state index contributed by atoms with van der Waals surface area (Å²) < 4.78 is 14.9. The van der Waals surface area contributed by atoms with Crippen LogP contribution in [0, 0.1) is 5.82 Å². The molecule has 0 unspecified atom stereocenters. The quantitative estimate of drug-likeness (QED) is 0.670. The van der Waals surface area contributed by atoms with E-state index >= 15 is 0 Å². The molecule has 6 nitrogen and oxygen atoms in total. The second-order valence-corrected chi connectivity index (χ2v) is 6.86. The van der Waals surface area contributed by atoms with E-state index in [1.54, 1.807) is 19.3 Å². The van der Waals surface area contributed by atoms with Gasteiger partial charge in [-0.05, 0) is 50.2 Å². The molecule has 0 spiro atoms. The maximum absolute atomic E-state index is 13.0. The fourth-order valence-corrected chi connectivity index (χ4v) is 3.27. The highest BCUT2D eigenvalue weighted by molar-refractivity contribution is 8.00. The smallest absolute Gasteiger partial charge is 0.237 e. The van der Waals surface area contributed by atoms with Gasteiger partial charge in [0.25, 0.3) is 0 Å². The number of halogens is 1. The summed E-state index contributed by atoms with van der Waals surface area (Å²) in [5.41, 5.74) is 1.42. The van der Waals surface area contributed by atoms with Gasteiger partial charge in [-0.3, -0.25) is 9.78 Å². The van der Waals surface area contributed by atoms with Gasteiger partial charge in [0.2, 0.25) is 5.91 Å². The Balaban J connectivity index is 1.73. The second-order valence-electron chi connectivity index (χ2n) is 5.55. The number of hydrogen-bond acceptors (Lipinski definition) is 5. The van der Waals surface area contributed by atoms with Gasteiger partial charge in [-0.25, -0.2) is 4.39 Å². The van der Waals surface area contributed by atoms with E-state index in [0.717, 1.165) is 5.56 Å². The lowest BCUT2D eigenvalue weighted by Crippen LogP contribution is -2.23. The van der Waals surface area contributed by atoms with Crippen LogP contribution in [0.15, 0.2) is 53.9 Å². The Labute approximate surface area is 154 Å². The predicted octanol–water partition coefficient (Wildman–Crippen LogP) is 3.62.